The van der Waals surface area contributed by atoms with Gasteiger partial charge in [0.2, 0.25) is 24.4 Å². The number of hydrogen-bond donors (Lipinski definition) is 2. The van der Waals surface area contributed by atoms with Crippen LogP contribution in [0.1, 0.15) is 63.5 Å². The predicted octanol–water partition coefficient (Wildman–Crippen LogP) is 3.83. The van der Waals surface area contributed by atoms with Gasteiger partial charge in [-0.15, -0.1) is 0 Å². The van der Waals surface area contributed by atoms with Crippen molar-refractivity contribution in [3.05, 3.63) is 47.5 Å². The number of nitrogens with zero attached hydrogens (tertiary/aromatic N) is 3. The van der Waals surface area contributed by atoms with Gasteiger partial charge >= 0.3 is 5.97 Å². The van der Waals surface area contributed by atoms with E-state index in [-0.39, 0.29) is 25.2 Å². The van der Waals surface area contributed by atoms with Gasteiger partial charge in [-0.3, -0.25) is 19.3 Å². The maximum atomic E-state index is 14.1. The molecule has 2 aromatic carbocycles. The van der Waals surface area contributed by atoms with Gasteiger partial charge in [-0.05, 0) is 54.7 Å². The molecule has 11 nitrogen and oxygen atoms in total. The predicted molar refractivity (Wildman–Crippen MR) is 170 cm³/mol. The molecule has 0 radical (unpaired) electrons. The zero-order valence-corrected chi connectivity index (χ0v) is 26.8. The number of nitrogens with two attached hydrogens (primary N) is 1. The molecule has 5 rings (SSSR count). The number of rotatable bonds is 13. The normalized spacial score (nSPS) is 22.2. The summed E-state index contributed by atoms with van der Waals surface area (Å²) >= 11 is 0. The number of unbranched alkanes of at least 4 members (excludes halogenated alkanes) is 1. The largest absolute Gasteiger partial charge is 0.493 e. The van der Waals surface area contributed by atoms with E-state index in [0.717, 1.165) is 36.1 Å². The number of carboxylic acids is 1. The van der Waals surface area contributed by atoms with Gasteiger partial charge in [0.15, 0.2) is 11.5 Å². The fraction of sp³-hybridized carbons (Fsp3) is 0.559. The Balaban J connectivity index is 1.47. The summed E-state index contributed by atoms with van der Waals surface area (Å²) in [6, 6.07) is 10.9. The van der Waals surface area contributed by atoms with Gasteiger partial charge in [0, 0.05) is 55.8 Å². The third-order valence-electron chi connectivity index (χ3n) is 9.54. The minimum atomic E-state index is -0.942. The molecule has 3 heterocycles. The van der Waals surface area contributed by atoms with Crippen LogP contribution in [0.5, 0.6) is 17.2 Å². The molecule has 11 heteroatoms. The van der Waals surface area contributed by atoms with Gasteiger partial charge in [-0.1, -0.05) is 39.3 Å². The van der Waals surface area contributed by atoms with Crippen molar-refractivity contribution in [2.45, 2.75) is 65.0 Å². The number of hydrogen-bond acceptors (Lipinski definition) is 8. The van der Waals surface area contributed by atoms with Crippen LogP contribution in [0, 0.1) is 11.3 Å². The molecule has 3 aliphatic rings. The Kier molecular flexibility index (Phi) is 9.88. The third kappa shape index (κ3) is 6.74. The number of carbonyl (C=O) groups excluding carboxylic acids is 2. The minimum absolute atomic E-state index is 0.0443. The standard InChI is InChI=1S/C34H46N4O7/c1-5-6-12-38(24-9-7-8-22(15-24)18-35)29(39)20-37-19-25(23-16-27(43-4)31-28(17-23)44-21-45-31)30(32(40)41)26(37)10-13-36-14-11-34(2,3)33(36)42/h7-9,15-17,25-26,30H,5-6,10-14,18-21,35H2,1-4H3,(H,40,41)/t25-,26+,30-/m1/s1. The van der Waals surface area contributed by atoms with Gasteiger partial charge in [0.1, 0.15) is 0 Å². The lowest BCUT2D eigenvalue weighted by Crippen LogP contribution is -2.46. The van der Waals surface area contributed by atoms with Gasteiger partial charge < -0.3 is 34.9 Å². The third-order valence-corrected chi connectivity index (χ3v) is 9.54. The fourth-order valence-corrected chi connectivity index (χ4v) is 6.93. The highest BCUT2D eigenvalue weighted by molar-refractivity contribution is 5.95. The van der Waals surface area contributed by atoms with Crippen molar-refractivity contribution in [1.82, 2.24) is 9.80 Å². The molecule has 0 bridgehead atoms. The second-order valence-electron chi connectivity index (χ2n) is 12.9. The van der Waals surface area contributed by atoms with Gasteiger partial charge in [0.05, 0.1) is 19.6 Å². The Morgan fingerprint density at radius 3 is 2.67 bits per heavy atom. The lowest BCUT2D eigenvalue weighted by Gasteiger charge is -2.31. The van der Waals surface area contributed by atoms with Crippen LogP contribution in [0.25, 0.3) is 0 Å². The van der Waals surface area contributed by atoms with Crippen molar-refractivity contribution >= 4 is 23.5 Å². The highest BCUT2D eigenvalue weighted by Crippen LogP contribution is 2.47. The number of fused-ring (bicyclic) bond motifs is 1. The van der Waals surface area contributed by atoms with Crippen LogP contribution >= 0.6 is 0 Å². The number of carboxylic acid groups (broad SMARTS) is 1. The van der Waals surface area contributed by atoms with Crippen LogP contribution in [-0.4, -0.2) is 85.4 Å². The molecule has 2 saturated heterocycles. The SMILES string of the molecule is CCCCN(C(=O)CN1C[C@H](c2cc(OC)c3c(c2)OCO3)[C@@H](C(=O)O)[C@@H]1CCN1CCC(C)(C)C1=O)c1cccc(CN)c1. The highest BCUT2D eigenvalue weighted by atomic mass is 16.7. The number of ether oxygens (including phenoxy) is 3. The van der Waals surface area contributed by atoms with E-state index in [1.54, 1.807) is 4.90 Å². The van der Waals surface area contributed by atoms with E-state index >= 15 is 0 Å². The summed E-state index contributed by atoms with van der Waals surface area (Å²) in [5, 5.41) is 10.7. The van der Waals surface area contributed by atoms with Crippen molar-refractivity contribution in [1.29, 1.82) is 0 Å². The van der Waals surface area contributed by atoms with E-state index in [4.69, 9.17) is 19.9 Å². The lowest BCUT2D eigenvalue weighted by molar-refractivity contribution is -0.143. The Hall–Kier alpha value is -3.83. The van der Waals surface area contributed by atoms with Crippen LogP contribution in [0.4, 0.5) is 5.69 Å². The first kappa shape index (κ1) is 32.6. The number of benzene rings is 2. The van der Waals surface area contributed by atoms with Crippen molar-refractivity contribution in [3.63, 3.8) is 0 Å². The maximum Gasteiger partial charge on any atom is 0.308 e. The van der Waals surface area contributed by atoms with E-state index < -0.39 is 29.3 Å². The number of anilines is 1. The molecule has 2 fully saturated rings. The van der Waals surface area contributed by atoms with Crippen molar-refractivity contribution in [2.75, 3.05) is 51.5 Å². The first-order chi connectivity index (χ1) is 21.6. The van der Waals surface area contributed by atoms with Crippen LogP contribution in [0.2, 0.25) is 0 Å². The fourth-order valence-electron chi connectivity index (χ4n) is 6.93. The molecule has 3 aliphatic heterocycles. The molecule has 0 aliphatic carbocycles. The van der Waals surface area contributed by atoms with Gasteiger partial charge in [-0.25, -0.2) is 0 Å². The Labute approximate surface area is 265 Å². The van der Waals surface area contributed by atoms with Gasteiger partial charge in [0.25, 0.3) is 0 Å². The first-order valence-corrected chi connectivity index (χ1v) is 15.9. The van der Waals surface area contributed by atoms with E-state index in [2.05, 4.69) is 6.92 Å². The number of methoxy groups -OCH3 is 1. The monoisotopic (exact) mass is 622 g/mol. The average Bonchev–Trinajstić information content (AvgIpc) is 3.71. The van der Waals surface area contributed by atoms with E-state index in [1.165, 1.54) is 7.11 Å². The van der Waals surface area contributed by atoms with Crippen LogP contribution in [-0.2, 0) is 20.9 Å². The Morgan fingerprint density at radius 2 is 2.00 bits per heavy atom. The molecule has 3 atom stereocenters. The summed E-state index contributed by atoms with van der Waals surface area (Å²) < 4.78 is 16.8. The topological polar surface area (TPSA) is 135 Å². The van der Waals surface area contributed by atoms with Crippen LogP contribution in [0.3, 0.4) is 0 Å². The zero-order valence-electron chi connectivity index (χ0n) is 26.8. The molecule has 0 spiro atoms. The molecule has 244 valence electrons. The smallest absolute Gasteiger partial charge is 0.308 e. The first-order valence-electron chi connectivity index (χ1n) is 15.9. The molecule has 3 N–H and O–H groups in total. The maximum absolute atomic E-state index is 14.1. The second-order valence-corrected chi connectivity index (χ2v) is 12.9. The Bertz CT molecular complexity index is 1410. The summed E-state index contributed by atoms with van der Waals surface area (Å²) in [6.07, 6.45) is 2.94. The molecular formula is C34H46N4O7. The lowest BCUT2D eigenvalue weighted by atomic mass is 9.84. The molecule has 45 heavy (non-hydrogen) atoms. The summed E-state index contributed by atoms with van der Waals surface area (Å²) in [5.74, 6) is -0.746. The molecule has 0 saturated carbocycles. The molecule has 0 unspecified atom stereocenters. The summed E-state index contributed by atoms with van der Waals surface area (Å²) in [4.78, 5) is 45.8. The summed E-state index contributed by atoms with van der Waals surface area (Å²) in [5.41, 5.74) is 7.94. The second kappa shape index (κ2) is 13.7. The van der Waals surface area contributed by atoms with Crippen molar-refractivity contribution in [3.8, 4) is 17.2 Å². The van der Waals surface area contributed by atoms with Crippen molar-refractivity contribution < 1.29 is 33.7 Å². The average molecular weight is 623 g/mol. The quantitative estimate of drug-likeness (QED) is 0.342. The van der Waals surface area contributed by atoms with Crippen LogP contribution in [0.15, 0.2) is 36.4 Å². The summed E-state index contributed by atoms with van der Waals surface area (Å²) in [6.45, 7) is 8.41. The molecule has 2 aromatic rings. The molecule has 2 amide bonds. The number of amides is 2. The van der Waals surface area contributed by atoms with E-state index in [9.17, 15) is 19.5 Å². The summed E-state index contributed by atoms with van der Waals surface area (Å²) in [7, 11) is 1.54. The van der Waals surface area contributed by atoms with Crippen LogP contribution < -0.4 is 24.8 Å². The zero-order chi connectivity index (χ0) is 32.3. The van der Waals surface area contributed by atoms with Gasteiger partial charge in [-0.2, -0.15) is 0 Å². The Morgan fingerprint density at radius 1 is 1.20 bits per heavy atom. The van der Waals surface area contributed by atoms with E-state index in [1.807, 2.05) is 60.0 Å². The number of aliphatic carboxylic acids is 1. The molecule has 0 aromatic heterocycles. The highest BCUT2D eigenvalue weighted by Gasteiger charge is 2.48. The number of likely N-dealkylation sites (tertiary alicyclic amines) is 2. The minimum Gasteiger partial charge on any atom is -0.493 e. The van der Waals surface area contributed by atoms with Crippen molar-refractivity contribution in [2.24, 2.45) is 17.1 Å². The van der Waals surface area contributed by atoms with E-state index in [0.29, 0.717) is 56.4 Å². The molecular weight excluding hydrogens is 576 g/mol. The number of carbonyl (C=O) groups is 3.